The molecule has 0 atom stereocenters. The Labute approximate surface area is 171 Å². The summed E-state index contributed by atoms with van der Waals surface area (Å²) in [4.78, 5) is 33.4. The van der Waals surface area contributed by atoms with Gasteiger partial charge < -0.3 is 10.6 Å². The van der Waals surface area contributed by atoms with Gasteiger partial charge in [-0.15, -0.1) is 0 Å². The third kappa shape index (κ3) is 4.88. The number of rotatable bonds is 6. The Morgan fingerprint density at radius 1 is 1.04 bits per heavy atom. The molecule has 0 unspecified atom stereocenters. The lowest BCUT2D eigenvalue weighted by molar-refractivity contribution is 0.0952. The number of thioether (sulfide) groups is 1. The van der Waals surface area contributed by atoms with Crippen molar-refractivity contribution < 1.29 is 9.59 Å². The molecular weight excluding hydrogens is 396 g/mol. The van der Waals surface area contributed by atoms with Crippen LogP contribution >= 0.6 is 23.4 Å². The van der Waals surface area contributed by atoms with Gasteiger partial charge >= 0.3 is 0 Å². The fourth-order valence-corrected chi connectivity index (χ4v) is 2.97. The van der Waals surface area contributed by atoms with Gasteiger partial charge in [-0.3, -0.25) is 9.59 Å². The molecule has 0 saturated carbocycles. The second kappa shape index (κ2) is 9.34. The van der Waals surface area contributed by atoms with Crippen molar-refractivity contribution in [1.82, 2.24) is 15.3 Å². The van der Waals surface area contributed by atoms with E-state index in [9.17, 15) is 9.59 Å². The van der Waals surface area contributed by atoms with Crippen molar-refractivity contribution in [2.24, 2.45) is 0 Å². The molecule has 0 bridgehead atoms. The molecule has 1 aromatic heterocycles. The van der Waals surface area contributed by atoms with E-state index in [4.69, 9.17) is 11.6 Å². The maximum absolute atomic E-state index is 12.6. The van der Waals surface area contributed by atoms with E-state index in [0.717, 1.165) is 5.56 Å². The van der Waals surface area contributed by atoms with Crippen molar-refractivity contribution in [2.75, 3.05) is 11.6 Å². The molecule has 3 rings (SSSR count). The van der Waals surface area contributed by atoms with E-state index in [-0.39, 0.29) is 16.6 Å². The summed E-state index contributed by atoms with van der Waals surface area (Å²) in [6.45, 7) is 0.386. The molecule has 2 N–H and O–H groups in total. The van der Waals surface area contributed by atoms with E-state index in [1.165, 1.54) is 18.0 Å². The standard InChI is InChI=1S/C20H17ClN4O2S/c1-28-20-23-12-15(21)17(25-20)19(27)24-16-10-6-5-9-14(16)18(26)22-11-13-7-3-2-4-8-13/h2-10,12H,11H2,1H3,(H,22,26)(H,24,27). The van der Waals surface area contributed by atoms with E-state index < -0.39 is 5.91 Å². The van der Waals surface area contributed by atoms with Crippen molar-refractivity contribution in [3.63, 3.8) is 0 Å². The number of amides is 2. The molecular formula is C20H17ClN4O2S. The summed E-state index contributed by atoms with van der Waals surface area (Å²) in [5, 5.41) is 6.14. The summed E-state index contributed by atoms with van der Waals surface area (Å²) >= 11 is 7.36. The predicted molar refractivity (Wildman–Crippen MR) is 111 cm³/mol. The van der Waals surface area contributed by atoms with Gasteiger partial charge in [-0.1, -0.05) is 65.8 Å². The Kier molecular flexibility index (Phi) is 6.62. The highest BCUT2D eigenvalue weighted by Gasteiger charge is 2.18. The summed E-state index contributed by atoms with van der Waals surface area (Å²) in [6, 6.07) is 16.3. The van der Waals surface area contributed by atoms with E-state index in [1.54, 1.807) is 30.5 Å². The normalized spacial score (nSPS) is 10.4. The molecule has 2 aromatic carbocycles. The van der Waals surface area contributed by atoms with Gasteiger partial charge in [0, 0.05) is 6.54 Å². The van der Waals surface area contributed by atoms with Crippen molar-refractivity contribution in [2.45, 2.75) is 11.7 Å². The lowest BCUT2D eigenvalue weighted by Gasteiger charge is -2.12. The number of anilines is 1. The number of hydrogen-bond acceptors (Lipinski definition) is 5. The molecule has 1 heterocycles. The molecule has 28 heavy (non-hydrogen) atoms. The van der Waals surface area contributed by atoms with Crippen LogP contribution in [0.25, 0.3) is 0 Å². The maximum Gasteiger partial charge on any atom is 0.276 e. The molecule has 0 saturated heterocycles. The fourth-order valence-electron chi connectivity index (χ4n) is 2.45. The number of hydrogen-bond donors (Lipinski definition) is 2. The number of nitrogens with zero attached hydrogens (tertiary/aromatic N) is 2. The first-order valence-electron chi connectivity index (χ1n) is 8.37. The van der Waals surface area contributed by atoms with Gasteiger partial charge in [-0.25, -0.2) is 9.97 Å². The Balaban J connectivity index is 1.76. The topological polar surface area (TPSA) is 84.0 Å². The maximum atomic E-state index is 12.6. The number of halogens is 1. The van der Waals surface area contributed by atoms with Gasteiger partial charge in [0.05, 0.1) is 22.5 Å². The summed E-state index contributed by atoms with van der Waals surface area (Å²) in [5.41, 5.74) is 1.76. The zero-order valence-electron chi connectivity index (χ0n) is 15.0. The molecule has 3 aromatic rings. The van der Waals surface area contributed by atoms with Crippen LogP contribution in [-0.4, -0.2) is 28.0 Å². The minimum Gasteiger partial charge on any atom is -0.348 e. The van der Waals surface area contributed by atoms with E-state index in [1.807, 2.05) is 30.3 Å². The third-order valence-corrected chi connectivity index (χ3v) is 4.67. The SMILES string of the molecule is CSc1ncc(Cl)c(C(=O)Nc2ccccc2C(=O)NCc2ccccc2)n1. The predicted octanol–water partition coefficient (Wildman–Crippen LogP) is 4.03. The second-order valence-electron chi connectivity index (χ2n) is 5.72. The van der Waals surface area contributed by atoms with Crippen LogP contribution in [0.15, 0.2) is 66.0 Å². The number of aromatic nitrogens is 2. The molecule has 2 amide bonds. The largest absolute Gasteiger partial charge is 0.348 e. The first-order chi connectivity index (χ1) is 13.6. The lowest BCUT2D eigenvalue weighted by Crippen LogP contribution is -2.25. The highest BCUT2D eigenvalue weighted by Crippen LogP contribution is 2.20. The number of carbonyl (C=O) groups excluding carboxylic acids is 2. The van der Waals surface area contributed by atoms with Crippen molar-refractivity contribution in [3.05, 3.63) is 82.6 Å². The Morgan fingerprint density at radius 3 is 2.50 bits per heavy atom. The van der Waals surface area contributed by atoms with Gasteiger partial charge in [0.15, 0.2) is 10.9 Å². The quantitative estimate of drug-likeness (QED) is 0.471. The molecule has 0 spiro atoms. The smallest absolute Gasteiger partial charge is 0.276 e. The van der Waals surface area contributed by atoms with Gasteiger partial charge in [0.1, 0.15) is 0 Å². The number of nitrogens with one attached hydrogen (secondary N) is 2. The third-order valence-electron chi connectivity index (χ3n) is 3.84. The highest BCUT2D eigenvalue weighted by atomic mass is 35.5. The summed E-state index contributed by atoms with van der Waals surface area (Å²) < 4.78 is 0. The molecule has 6 nitrogen and oxygen atoms in total. The summed E-state index contributed by atoms with van der Waals surface area (Å²) in [5.74, 6) is -0.802. The molecule has 0 aliphatic carbocycles. The fraction of sp³-hybridized carbons (Fsp3) is 0.100. The average Bonchev–Trinajstić information content (AvgIpc) is 2.73. The lowest BCUT2D eigenvalue weighted by atomic mass is 10.1. The Bertz CT molecular complexity index is 999. The van der Waals surface area contributed by atoms with Gasteiger partial charge in [0.2, 0.25) is 0 Å². The van der Waals surface area contributed by atoms with Gasteiger partial charge in [-0.05, 0) is 24.0 Å². The van der Waals surface area contributed by atoms with Crippen molar-refractivity contribution in [3.8, 4) is 0 Å². The first kappa shape index (κ1) is 19.9. The molecule has 0 radical (unpaired) electrons. The van der Waals surface area contributed by atoms with Crippen LogP contribution in [0.3, 0.4) is 0 Å². The number of carbonyl (C=O) groups is 2. The molecule has 0 fully saturated rings. The molecule has 8 heteroatoms. The summed E-state index contributed by atoms with van der Waals surface area (Å²) in [6.07, 6.45) is 3.19. The number of benzene rings is 2. The molecule has 0 aliphatic rings. The van der Waals surface area contributed by atoms with Crippen LogP contribution in [0.5, 0.6) is 0 Å². The second-order valence-corrected chi connectivity index (χ2v) is 6.90. The van der Waals surface area contributed by atoms with Gasteiger partial charge in [0.25, 0.3) is 11.8 Å². The molecule has 142 valence electrons. The highest BCUT2D eigenvalue weighted by molar-refractivity contribution is 7.98. The number of para-hydroxylation sites is 1. The van der Waals surface area contributed by atoms with Crippen LogP contribution in [0.4, 0.5) is 5.69 Å². The van der Waals surface area contributed by atoms with Crippen molar-refractivity contribution >= 4 is 40.9 Å². The monoisotopic (exact) mass is 412 g/mol. The van der Waals surface area contributed by atoms with E-state index in [0.29, 0.717) is 23.0 Å². The van der Waals surface area contributed by atoms with Crippen LogP contribution in [-0.2, 0) is 6.54 Å². The van der Waals surface area contributed by atoms with Crippen molar-refractivity contribution in [1.29, 1.82) is 0 Å². The minimum atomic E-state index is -0.508. The minimum absolute atomic E-state index is 0.0560. The van der Waals surface area contributed by atoms with Crippen LogP contribution in [0.2, 0.25) is 5.02 Å². The molecule has 0 aliphatic heterocycles. The average molecular weight is 413 g/mol. The van der Waals surface area contributed by atoms with E-state index in [2.05, 4.69) is 20.6 Å². The van der Waals surface area contributed by atoms with Crippen LogP contribution in [0, 0.1) is 0 Å². The summed E-state index contributed by atoms with van der Waals surface area (Å²) in [7, 11) is 0. The Morgan fingerprint density at radius 2 is 1.75 bits per heavy atom. The zero-order chi connectivity index (χ0) is 19.9. The van der Waals surface area contributed by atoms with Crippen LogP contribution < -0.4 is 10.6 Å². The Hall–Kier alpha value is -2.90. The van der Waals surface area contributed by atoms with Gasteiger partial charge in [-0.2, -0.15) is 0 Å². The first-order valence-corrected chi connectivity index (χ1v) is 9.98. The van der Waals surface area contributed by atoms with Crippen LogP contribution in [0.1, 0.15) is 26.4 Å². The zero-order valence-corrected chi connectivity index (χ0v) is 16.6. The van der Waals surface area contributed by atoms with E-state index >= 15 is 0 Å².